The van der Waals surface area contributed by atoms with Crippen molar-refractivity contribution in [2.75, 3.05) is 13.2 Å². The molecule has 3 unspecified atom stereocenters. The van der Waals surface area contributed by atoms with Crippen LogP contribution in [-0.4, -0.2) is 25.2 Å². The van der Waals surface area contributed by atoms with Crippen molar-refractivity contribution >= 4 is 11.9 Å². The number of carbonyl (C=O) groups excluding carboxylic acids is 2. The van der Waals surface area contributed by atoms with Crippen LogP contribution < -0.4 is 0 Å². The maximum absolute atomic E-state index is 12.3. The molecule has 4 nitrogen and oxygen atoms in total. The second-order valence-corrected chi connectivity index (χ2v) is 6.08. The van der Waals surface area contributed by atoms with Gasteiger partial charge in [-0.15, -0.1) is 0 Å². The second kappa shape index (κ2) is 9.80. The van der Waals surface area contributed by atoms with Crippen LogP contribution in [0.25, 0.3) is 0 Å². The number of esters is 2. The van der Waals surface area contributed by atoms with E-state index in [0.717, 1.165) is 44.9 Å². The van der Waals surface area contributed by atoms with E-state index in [1.165, 1.54) is 0 Å². The van der Waals surface area contributed by atoms with Crippen LogP contribution in [0.3, 0.4) is 0 Å². The van der Waals surface area contributed by atoms with E-state index in [-0.39, 0.29) is 29.7 Å². The Morgan fingerprint density at radius 2 is 1.52 bits per heavy atom. The summed E-state index contributed by atoms with van der Waals surface area (Å²) in [6.07, 6.45) is 6.44. The Balaban J connectivity index is 2.60. The zero-order valence-corrected chi connectivity index (χ0v) is 13.7. The van der Waals surface area contributed by atoms with E-state index < -0.39 is 0 Å². The molecule has 0 amide bonds. The highest BCUT2D eigenvalue weighted by atomic mass is 16.5. The van der Waals surface area contributed by atoms with Crippen LogP contribution in [0.15, 0.2) is 0 Å². The molecule has 3 atom stereocenters. The van der Waals surface area contributed by atoms with Crippen LogP contribution in [0.2, 0.25) is 0 Å². The standard InChI is InChI=1S/C17H30O4/c1-4-6-11-20-16(18)14-10-8-9-13(3)15(14)17(19)21-12-7-5-2/h13-15H,4-12H2,1-3H3. The molecular formula is C17H30O4. The van der Waals surface area contributed by atoms with Crippen LogP contribution in [0.4, 0.5) is 0 Å². The van der Waals surface area contributed by atoms with Crippen LogP contribution in [0.1, 0.15) is 65.7 Å². The zero-order valence-electron chi connectivity index (χ0n) is 13.7. The average Bonchev–Trinajstić information content (AvgIpc) is 2.47. The number of hydrogen-bond donors (Lipinski definition) is 0. The SMILES string of the molecule is CCCCOC(=O)C1CCCC(C)C1C(=O)OCCCC. The molecule has 21 heavy (non-hydrogen) atoms. The topological polar surface area (TPSA) is 52.6 Å². The fourth-order valence-corrected chi connectivity index (χ4v) is 2.91. The van der Waals surface area contributed by atoms with Crippen LogP contribution in [0.5, 0.6) is 0 Å². The summed E-state index contributed by atoms with van der Waals surface area (Å²) in [5.74, 6) is -0.887. The van der Waals surface area contributed by atoms with Crippen molar-refractivity contribution < 1.29 is 19.1 Å². The molecule has 0 aromatic rings. The molecular weight excluding hydrogens is 268 g/mol. The van der Waals surface area contributed by atoms with Gasteiger partial charge in [-0.1, -0.05) is 40.0 Å². The van der Waals surface area contributed by atoms with Gasteiger partial charge < -0.3 is 9.47 Å². The van der Waals surface area contributed by atoms with Crippen molar-refractivity contribution in [3.8, 4) is 0 Å². The van der Waals surface area contributed by atoms with Gasteiger partial charge in [0.2, 0.25) is 0 Å². The summed E-state index contributed by atoms with van der Waals surface area (Å²) in [6, 6.07) is 0. The van der Waals surface area contributed by atoms with E-state index in [0.29, 0.717) is 13.2 Å². The normalized spacial score (nSPS) is 25.4. The lowest BCUT2D eigenvalue weighted by atomic mass is 9.73. The van der Waals surface area contributed by atoms with E-state index >= 15 is 0 Å². The van der Waals surface area contributed by atoms with Gasteiger partial charge in [-0.3, -0.25) is 9.59 Å². The van der Waals surface area contributed by atoms with E-state index in [4.69, 9.17) is 9.47 Å². The maximum atomic E-state index is 12.3. The van der Waals surface area contributed by atoms with Crippen molar-refractivity contribution in [3.63, 3.8) is 0 Å². The number of carbonyl (C=O) groups is 2. The molecule has 4 heteroatoms. The molecule has 122 valence electrons. The summed E-state index contributed by atoms with van der Waals surface area (Å²) < 4.78 is 10.7. The fourth-order valence-electron chi connectivity index (χ4n) is 2.91. The summed E-state index contributed by atoms with van der Waals surface area (Å²) in [4.78, 5) is 24.5. The maximum Gasteiger partial charge on any atom is 0.310 e. The molecule has 0 aromatic carbocycles. The van der Waals surface area contributed by atoms with Gasteiger partial charge in [-0.2, -0.15) is 0 Å². The minimum Gasteiger partial charge on any atom is -0.465 e. The highest BCUT2D eigenvalue weighted by Crippen LogP contribution is 2.36. The Morgan fingerprint density at radius 1 is 0.952 bits per heavy atom. The van der Waals surface area contributed by atoms with Crippen LogP contribution in [0, 0.1) is 17.8 Å². The first-order valence-electron chi connectivity index (χ1n) is 8.45. The van der Waals surface area contributed by atoms with Crippen molar-refractivity contribution in [1.82, 2.24) is 0 Å². The number of hydrogen-bond acceptors (Lipinski definition) is 4. The Bertz CT molecular complexity index is 327. The molecule has 0 saturated heterocycles. The first-order valence-corrected chi connectivity index (χ1v) is 8.45. The first-order chi connectivity index (χ1) is 10.1. The third-order valence-corrected chi connectivity index (χ3v) is 4.28. The largest absolute Gasteiger partial charge is 0.465 e. The average molecular weight is 298 g/mol. The quantitative estimate of drug-likeness (QED) is 0.506. The first kappa shape index (κ1) is 18.0. The number of unbranched alkanes of at least 4 members (excludes halogenated alkanes) is 2. The predicted molar refractivity (Wildman–Crippen MR) is 81.7 cm³/mol. The molecule has 0 bridgehead atoms. The second-order valence-electron chi connectivity index (χ2n) is 6.08. The third-order valence-electron chi connectivity index (χ3n) is 4.28. The highest BCUT2D eigenvalue weighted by Gasteiger charge is 2.41. The molecule has 0 aliphatic heterocycles. The monoisotopic (exact) mass is 298 g/mol. The van der Waals surface area contributed by atoms with Gasteiger partial charge in [0, 0.05) is 0 Å². The molecule has 0 heterocycles. The smallest absolute Gasteiger partial charge is 0.310 e. The van der Waals surface area contributed by atoms with Gasteiger partial charge in [0.15, 0.2) is 0 Å². The van der Waals surface area contributed by atoms with Crippen molar-refractivity contribution in [2.45, 2.75) is 65.7 Å². The van der Waals surface area contributed by atoms with Gasteiger partial charge in [0.25, 0.3) is 0 Å². The van der Waals surface area contributed by atoms with E-state index in [1.807, 2.05) is 6.92 Å². The molecule has 1 aliphatic rings. The molecule has 1 saturated carbocycles. The Labute approximate surface area is 128 Å². The zero-order chi connectivity index (χ0) is 15.7. The molecule has 0 radical (unpaired) electrons. The molecule has 1 aliphatic carbocycles. The lowest BCUT2D eigenvalue weighted by Gasteiger charge is -2.33. The van der Waals surface area contributed by atoms with Gasteiger partial charge >= 0.3 is 11.9 Å². The lowest BCUT2D eigenvalue weighted by molar-refractivity contribution is -0.165. The third kappa shape index (κ3) is 5.68. The van der Waals surface area contributed by atoms with Crippen LogP contribution in [-0.2, 0) is 19.1 Å². The lowest BCUT2D eigenvalue weighted by Crippen LogP contribution is -2.39. The summed E-state index contributed by atoms with van der Waals surface area (Å²) in [5, 5.41) is 0. The molecule has 0 aromatic heterocycles. The Hall–Kier alpha value is -1.06. The highest BCUT2D eigenvalue weighted by molar-refractivity contribution is 5.82. The van der Waals surface area contributed by atoms with E-state index in [1.54, 1.807) is 0 Å². The Kier molecular flexibility index (Phi) is 8.40. The predicted octanol–water partition coefficient (Wildman–Crippen LogP) is 3.73. The van der Waals surface area contributed by atoms with E-state index in [2.05, 4.69) is 13.8 Å². The molecule has 1 fully saturated rings. The van der Waals surface area contributed by atoms with Crippen molar-refractivity contribution in [3.05, 3.63) is 0 Å². The number of rotatable bonds is 8. The summed E-state index contributed by atoms with van der Waals surface area (Å²) in [5.41, 5.74) is 0. The minimum absolute atomic E-state index is 0.191. The summed E-state index contributed by atoms with van der Waals surface area (Å²) in [6.45, 7) is 7.07. The van der Waals surface area contributed by atoms with Gasteiger partial charge in [-0.25, -0.2) is 0 Å². The molecule has 0 N–H and O–H groups in total. The van der Waals surface area contributed by atoms with Gasteiger partial charge in [0.1, 0.15) is 0 Å². The molecule has 1 rings (SSSR count). The summed E-state index contributed by atoms with van der Waals surface area (Å²) >= 11 is 0. The van der Waals surface area contributed by atoms with Crippen molar-refractivity contribution in [1.29, 1.82) is 0 Å². The van der Waals surface area contributed by atoms with Crippen molar-refractivity contribution in [2.24, 2.45) is 17.8 Å². The van der Waals surface area contributed by atoms with E-state index in [9.17, 15) is 9.59 Å². The van der Waals surface area contributed by atoms with Gasteiger partial charge in [-0.05, 0) is 31.6 Å². The fraction of sp³-hybridized carbons (Fsp3) is 0.882. The molecule has 0 spiro atoms. The van der Waals surface area contributed by atoms with Crippen LogP contribution >= 0.6 is 0 Å². The Morgan fingerprint density at radius 3 is 2.10 bits per heavy atom. The summed E-state index contributed by atoms with van der Waals surface area (Å²) in [7, 11) is 0. The minimum atomic E-state index is -0.329. The van der Waals surface area contributed by atoms with Gasteiger partial charge in [0.05, 0.1) is 25.0 Å². The number of ether oxygens (including phenoxy) is 2.